The first-order valence-corrected chi connectivity index (χ1v) is 6.53. The molecular weight excluding hydrogens is 292 g/mol. The van der Waals surface area contributed by atoms with Gasteiger partial charge < -0.3 is 5.32 Å². The van der Waals surface area contributed by atoms with E-state index >= 15 is 0 Å². The third-order valence-electron chi connectivity index (χ3n) is 2.65. The molecule has 94 valence electrons. The van der Waals surface area contributed by atoms with Crippen LogP contribution in [0, 0.1) is 5.41 Å². The highest BCUT2D eigenvalue weighted by atomic mass is 79.9. The molecule has 4 heteroatoms. The normalized spacial score (nSPS) is 11.6. The van der Waals surface area contributed by atoms with Crippen molar-refractivity contribution in [3.63, 3.8) is 0 Å². The Morgan fingerprint density at radius 3 is 2.67 bits per heavy atom. The summed E-state index contributed by atoms with van der Waals surface area (Å²) < 4.78 is 0.972. The number of aromatic nitrogens is 1. The zero-order valence-corrected chi connectivity index (χ0v) is 12.2. The van der Waals surface area contributed by atoms with E-state index in [9.17, 15) is 4.79 Å². The number of nitrogens with zero attached hydrogens (tertiary/aromatic N) is 1. The SMILES string of the molecule is CC(C)(C)C(=O)Nc1ccc(Br)c2cccnc12. The van der Waals surface area contributed by atoms with E-state index in [4.69, 9.17) is 0 Å². The van der Waals surface area contributed by atoms with Crippen molar-refractivity contribution in [3.05, 3.63) is 34.9 Å². The Balaban J connectivity index is 2.47. The molecule has 0 spiro atoms. The maximum atomic E-state index is 12.0. The highest BCUT2D eigenvalue weighted by Gasteiger charge is 2.22. The van der Waals surface area contributed by atoms with Gasteiger partial charge in [-0.15, -0.1) is 0 Å². The molecule has 2 rings (SSSR count). The summed E-state index contributed by atoms with van der Waals surface area (Å²) in [6.07, 6.45) is 1.72. The molecule has 1 amide bonds. The molecule has 1 aromatic carbocycles. The molecule has 1 heterocycles. The van der Waals surface area contributed by atoms with Crippen molar-refractivity contribution in [2.24, 2.45) is 5.41 Å². The summed E-state index contributed by atoms with van der Waals surface area (Å²) in [5, 5.41) is 3.92. The minimum Gasteiger partial charge on any atom is -0.324 e. The van der Waals surface area contributed by atoms with Crippen LogP contribution in [0.5, 0.6) is 0 Å². The maximum Gasteiger partial charge on any atom is 0.229 e. The van der Waals surface area contributed by atoms with Crippen molar-refractivity contribution >= 4 is 38.4 Å². The van der Waals surface area contributed by atoms with E-state index in [0.717, 1.165) is 21.1 Å². The molecule has 0 fully saturated rings. The number of pyridine rings is 1. The van der Waals surface area contributed by atoms with Crippen LogP contribution in [0.2, 0.25) is 0 Å². The number of anilines is 1. The topological polar surface area (TPSA) is 42.0 Å². The third-order valence-corrected chi connectivity index (χ3v) is 3.34. The molecule has 1 aromatic heterocycles. The largest absolute Gasteiger partial charge is 0.324 e. The molecule has 0 aliphatic rings. The molecular formula is C14H15BrN2O. The van der Waals surface area contributed by atoms with Gasteiger partial charge in [-0.05, 0) is 18.2 Å². The van der Waals surface area contributed by atoms with Gasteiger partial charge in [0.15, 0.2) is 0 Å². The number of carbonyl (C=O) groups is 1. The van der Waals surface area contributed by atoms with Gasteiger partial charge in [0.25, 0.3) is 0 Å². The van der Waals surface area contributed by atoms with Crippen LogP contribution < -0.4 is 5.32 Å². The lowest BCUT2D eigenvalue weighted by molar-refractivity contribution is -0.123. The molecule has 0 bridgehead atoms. The predicted octanol–water partition coefficient (Wildman–Crippen LogP) is 3.98. The first kappa shape index (κ1) is 13.0. The van der Waals surface area contributed by atoms with E-state index < -0.39 is 5.41 Å². The molecule has 2 aromatic rings. The summed E-state index contributed by atoms with van der Waals surface area (Å²) in [6, 6.07) is 7.63. The molecule has 0 saturated carbocycles. The van der Waals surface area contributed by atoms with Gasteiger partial charge in [0, 0.05) is 21.5 Å². The summed E-state index contributed by atoms with van der Waals surface area (Å²) in [6.45, 7) is 5.66. The average molecular weight is 307 g/mol. The van der Waals surface area contributed by atoms with Crippen molar-refractivity contribution < 1.29 is 4.79 Å². The summed E-state index contributed by atoms with van der Waals surface area (Å²) in [5.74, 6) is -0.0169. The standard InChI is InChI=1S/C14H15BrN2O/c1-14(2,3)13(18)17-11-7-6-10(15)9-5-4-8-16-12(9)11/h4-8H,1-3H3,(H,17,18). The van der Waals surface area contributed by atoms with Crippen molar-refractivity contribution in [2.75, 3.05) is 5.32 Å². The lowest BCUT2D eigenvalue weighted by Crippen LogP contribution is -2.27. The number of benzene rings is 1. The smallest absolute Gasteiger partial charge is 0.229 e. The highest BCUT2D eigenvalue weighted by molar-refractivity contribution is 9.10. The fourth-order valence-electron chi connectivity index (χ4n) is 1.55. The van der Waals surface area contributed by atoms with Gasteiger partial charge in [0.2, 0.25) is 5.91 Å². The second-order valence-corrected chi connectivity index (χ2v) is 6.05. The Morgan fingerprint density at radius 2 is 2.00 bits per heavy atom. The minimum atomic E-state index is -0.422. The zero-order valence-electron chi connectivity index (χ0n) is 10.6. The number of hydrogen-bond acceptors (Lipinski definition) is 2. The lowest BCUT2D eigenvalue weighted by Gasteiger charge is -2.18. The monoisotopic (exact) mass is 306 g/mol. The van der Waals surface area contributed by atoms with Crippen LogP contribution in [0.1, 0.15) is 20.8 Å². The Kier molecular flexibility index (Phi) is 3.39. The Bertz CT molecular complexity index is 602. The average Bonchev–Trinajstić information content (AvgIpc) is 2.32. The van der Waals surface area contributed by atoms with E-state index in [1.165, 1.54) is 0 Å². The fraction of sp³-hybridized carbons (Fsp3) is 0.286. The van der Waals surface area contributed by atoms with E-state index in [1.54, 1.807) is 6.20 Å². The van der Waals surface area contributed by atoms with Crippen LogP contribution in [0.15, 0.2) is 34.9 Å². The molecule has 0 radical (unpaired) electrons. The summed E-state index contributed by atoms with van der Waals surface area (Å²) in [7, 11) is 0. The summed E-state index contributed by atoms with van der Waals surface area (Å²) in [4.78, 5) is 16.3. The van der Waals surface area contributed by atoms with Crippen molar-refractivity contribution in [1.29, 1.82) is 0 Å². The van der Waals surface area contributed by atoms with Gasteiger partial charge in [-0.3, -0.25) is 9.78 Å². The Morgan fingerprint density at radius 1 is 1.28 bits per heavy atom. The van der Waals surface area contributed by atoms with Crippen LogP contribution in [-0.2, 0) is 4.79 Å². The van der Waals surface area contributed by atoms with Crippen molar-refractivity contribution in [2.45, 2.75) is 20.8 Å². The zero-order chi connectivity index (χ0) is 13.3. The number of amides is 1. The van der Waals surface area contributed by atoms with Crippen LogP contribution in [0.4, 0.5) is 5.69 Å². The Hall–Kier alpha value is -1.42. The van der Waals surface area contributed by atoms with Crippen molar-refractivity contribution in [3.8, 4) is 0 Å². The summed E-state index contributed by atoms with van der Waals surface area (Å²) in [5.41, 5.74) is 1.12. The van der Waals surface area contributed by atoms with E-state index in [0.29, 0.717) is 0 Å². The fourth-order valence-corrected chi connectivity index (χ4v) is 2.00. The number of rotatable bonds is 1. The predicted molar refractivity (Wildman–Crippen MR) is 77.5 cm³/mol. The second kappa shape index (κ2) is 4.69. The molecule has 0 atom stereocenters. The highest BCUT2D eigenvalue weighted by Crippen LogP contribution is 2.29. The van der Waals surface area contributed by atoms with Gasteiger partial charge in [-0.2, -0.15) is 0 Å². The van der Waals surface area contributed by atoms with Crippen LogP contribution in [-0.4, -0.2) is 10.9 Å². The Labute approximate surface area is 115 Å². The number of nitrogens with one attached hydrogen (secondary N) is 1. The quantitative estimate of drug-likeness (QED) is 0.866. The van der Waals surface area contributed by atoms with Crippen molar-refractivity contribution in [1.82, 2.24) is 4.98 Å². The summed E-state index contributed by atoms with van der Waals surface area (Å²) >= 11 is 3.48. The third kappa shape index (κ3) is 2.53. The van der Waals surface area contributed by atoms with Crippen LogP contribution >= 0.6 is 15.9 Å². The van der Waals surface area contributed by atoms with Gasteiger partial charge >= 0.3 is 0 Å². The molecule has 0 unspecified atom stereocenters. The van der Waals surface area contributed by atoms with Gasteiger partial charge in [-0.25, -0.2) is 0 Å². The van der Waals surface area contributed by atoms with Gasteiger partial charge in [0.05, 0.1) is 11.2 Å². The molecule has 0 aliphatic carbocycles. The van der Waals surface area contributed by atoms with Crippen LogP contribution in [0.25, 0.3) is 10.9 Å². The minimum absolute atomic E-state index is 0.0169. The molecule has 18 heavy (non-hydrogen) atoms. The van der Waals surface area contributed by atoms with Crippen LogP contribution in [0.3, 0.4) is 0 Å². The molecule has 0 aliphatic heterocycles. The van der Waals surface area contributed by atoms with E-state index in [-0.39, 0.29) is 5.91 Å². The first-order chi connectivity index (χ1) is 8.39. The first-order valence-electron chi connectivity index (χ1n) is 5.74. The lowest BCUT2D eigenvalue weighted by atomic mass is 9.95. The van der Waals surface area contributed by atoms with Gasteiger partial charge in [0.1, 0.15) is 0 Å². The number of halogens is 1. The van der Waals surface area contributed by atoms with Gasteiger partial charge in [-0.1, -0.05) is 42.8 Å². The molecule has 0 saturated heterocycles. The number of hydrogen-bond donors (Lipinski definition) is 1. The second-order valence-electron chi connectivity index (χ2n) is 5.20. The maximum absolute atomic E-state index is 12.0. The number of carbonyl (C=O) groups excluding carboxylic acids is 1. The molecule has 1 N–H and O–H groups in total. The van der Waals surface area contributed by atoms with E-state index in [2.05, 4.69) is 26.2 Å². The number of fused-ring (bicyclic) bond motifs is 1. The molecule has 3 nitrogen and oxygen atoms in total. The van der Waals surface area contributed by atoms with E-state index in [1.807, 2.05) is 45.0 Å².